The molecule has 4 rings (SSSR count). The molecule has 2 aromatic rings. The zero-order valence-corrected chi connectivity index (χ0v) is 14.0. The van der Waals surface area contributed by atoms with Gasteiger partial charge < -0.3 is 10.1 Å². The molecule has 0 saturated carbocycles. The van der Waals surface area contributed by atoms with Crippen LogP contribution in [0.1, 0.15) is 36.2 Å². The van der Waals surface area contributed by atoms with E-state index in [0.717, 1.165) is 30.6 Å². The highest BCUT2D eigenvalue weighted by atomic mass is 16.5. The number of hydrogen-bond acceptors (Lipinski definition) is 4. The number of para-hydroxylation sites is 1. The van der Waals surface area contributed by atoms with Crippen molar-refractivity contribution in [2.45, 2.75) is 38.7 Å². The third kappa shape index (κ3) is 3.16. The van der Waals surface area contributed by atoms with Crippen LogP contribution >= 0.6 is 0 Å². The van der Waals surface area contributed by atoms with Crippen molar-refractivity contribution in [1.82, 2.24) is 15.1 Å². The fourth-order valence-electron chi connectivity index (χ4n) is 3.60. The number of fused-ring (bicyclic) bond motifs is 1. The Kier molecular flexibility index (Phi) is 4.26. The molecule has 1 fully saturated rings. The van der Waals surface area contributed by atoms with Crippen molar-refractivity contribution in [3.8, 4) is 5.69 Å². The van der Waals surface area contributed by atoms with E-state index in [-0.39, 0.29) is 24.4 Å². The van der Waals surface area contributed by atoms with Crippen LogP contribution in [0.2, 0.25) is 0 Å². The summed E-state index contributed by atoms with van der Waals surface area (Å²) in [4.78, 5) is 23.4. The van der Waals surface area contributed by atoms with Crippen LogP contribution in [0, 0.1) is 5.92 Å². The summed E-state index contributed by atoms with van der Waals surface area (Å²) in [6, 6.07) is 10.0. The van der Waals surface area contributed by atoms with Gasteiger partial charge in [0.15, 0.2) is 0 Å². The number of esters is 1. The number of aromatic nitrogens is 2. The predicted octanol–water partition coefficient (Wildman–Crippen LogP) is 1.93. The molecule has 1 amide bonds. The number of carbonyl (C=O) groups is 2. The van der Waals surface area contributed by atoms with E-state index in [4.69, 9.17) is 9.84 Å². The van der Waals surface area contributed by atoms with E-state index in [1.54, 1.807) is 0 Å². The summed E-state index contributed by atoms with van der Waals surface area (Å²) < 4.78 is 7.49. The molecule has 1 N–H and O–H groups in total. The van der Waals surface area contributed by atoms with E-state index in [1.165, 1.54) is 11.3 Å². The van der Waals surface area contributed by atoms with Crippen LogP contribution in [-0.2, 0) is 33.8 Å². The van der Waals surface area contributed by atoms with Crippen LogP contribution in [0.3, 0.4) is 0 Å². The Hall–Kier alpha value is -2.63. The lowest BCUT2D eigenvalue weighted by Crippen LogP contribution is -2.39. The lowest BCUT2D eigenvalue weighted by molar-refractivity contribution is -0.151. The molecule has 130 valence electrons. The molecule has 0 spiro atoms. The second-order valence-corrected chi connectivity index (χ2v) is 6.62. The summed E-state index contributed by atoms with van der Waals surface area (Å²) in [5.74, 6) is -0.494. The molecule has 6 nitrogen and oxygen atoms in total. The molecule has 0 bridgehead atoms. The Morgan fingerprint density at radius 3 is 2.84 bits per heavy atom. The van der Waals surface area contributed by atoms with Crippen molar-refractivity contribution in [1.29, 1.82) is 0 Å². The first kappa shape index (κ1) is 15.9. The average Bonchev–Trinajstić information content (AvgIpc) is 3.24. The summed E-state index contributed by atoms with van der Waals surface area (Å²) in [5, 5.41) is 7.42. The van der Waals surface area contributed by atoms with Gasteiger partial charge in [0, 0.05) is 24.2 Å². The van der Waals surface area contributed by atoms with E-state index in [2.05, 4.69) is 5.32 Å². The smallest absolute Gasteiger partial charge is 0.311 e. The number of piperidine rings is 1. The first-order valence-electron chi connectivity index (χ1n) is 8.81. The Morgan fingerprint density at radius 1 is 1.24 bits per heavy atom. The van der Waals surface area contributed by atoms with E-state index >= 15 is 0 Å². The zero-order chi connectivity index (χ0) is 17.2. The molecule has 1 aromatic heterocycles. The molecule has 1 aromatic carbocycles. The second-order valence-electron chi connectivity index (χ2n) is 6.62. The van der Waals surface area contributed by atoms with Gasteiger partial charge in [-0.15, -0.1) is 0 Å². The lowest BCUT2D eigenvalue weighted by atomic mass is 9.99. The molecule has 1 aliphatic carbocycles. The fraction of sp³-hybridized carbons (Fsp3) is 0.421. The highest BCUT2D eigenvalue weighted by Gasteiger charge is 2.28. The van der Waals surface area contributed by atoms with Gasteiger partial charge >= 0.3 is 5.97 Å². The monoisotopic (exact) mass is 339 g/mol. The molecule has 6 heteroatoms. The summed E-state index contributed by atoms with van der Waals surface area (Å²) in [7, 11) is 0. The zero-order valence-electron chi connectivity index (χ0n) is 14.0. The van der Waals surface area contributed by atoms with Crippen molar-refractivity contribution in [2.75, 3.05) is 6.54 Å². The number of hydrogen-bond donors (Lipinski definition) is 1. The molecule has 1 atom stereocenters. The fourth-order valence-corrected chi connectivity index (χ4v) is 3.60. The Morgan fingerprint density at radius 2 is 2.08 bits per heavy atom. The van der Waals surface area contributed by atoms with Gasteiger partial charge in [-0.2, -0.15) is 5.10 Å². The van der Waals surface area contributed by atoms with Gasteiger partial charge in [0.05, 0.1) is 11.6 Å². The maximum absolute atomic E-state index is 12.2. The van der Waals surface area contributed by atoms with Gasteiger partial charge in [0.1, 0.15) is 12.3 Å². The minimum atomic E-state index is -0.249. The van der Waals surface area contributed by atoms with Crippen molar-refractivity contribution < 1.29 is 14.3 Å². The Labute approximate surface area is 146 Å². The van der Waals surface area contributed by atoms with Gasteiger partial charge in [0.2, 0.25) is 5.91 Å². The summed E-state index contributed by atoms with van der Waals surface area (Å²) in [5.41, 5.74) is 4.33. The van der Waals surface area contributed by atoms with Crippen LogP contribution < -0.4 is 5.32 Å². The average molecular weight is 339 g/mol. The van der Waals surface area contributed by atoms with E-state index in [0.29, 0.717) is 19.4 Å². The molecular formula is C19H21N3O3. The minimum absolute atomic E-state index is 0.00322. The normalized spacial score (nSPS) is 19.4. The number of amides is 1. The Bertz CT molecular complexity index is 788. The summed E-state index contributed by atoms with van der Waals surface area (Å²) >= 11 is 0. The molecule has 2 heterocycles. The van der Waals surface area contributed by atoms with E-state index in [1.807, 2.05) is 35.0 Å². The number of ether oxygens (including phenoxy) is 1. The first-order valence-corrected chi connectivity index (χ1v) is 8.81. The maximum atomic E-state index is 12.2. The van der Waals surface area contributed by atoms with Crippen LogP contribution in [0.4, 0.5) is 0 Å². The lowest BCUT2D eigenvalue weighted by Gasteiger charge is -2.20. The number of rotatable bonds is 4. The molecule has 1 aliphatic heterocycles. The van der Waals surface area contributed by atoms with E-state index in [9.17, 15) is 9.59 Å². The molecule has 25 heavy (non-hydrogen) atoms. The topological polar surface area (TPSA) is 73.2 Å². The maximum Gasteiger partial charge on any atom is 0.311 e. The first-order chi connectivity index (χ1) is 12.2. The largest absolute Gasteiger partial charge is 0.459 e. The predicted molar refractivity (Wildman–Crippen MR) is 91.1 cm³/mol. The van der Waals surface area contributed by atoms with Gasteiger partial charge in [-0.1, -0.05) is 18.2 Å². The third-order valence-electron chi connectivity index (χ3n) is 4.96. The van der Waals surface area contributed by atoms with Crippen molar-refractivity contribution in [2.24, 2.45) is 5.92 Å². The van der Waals surface area contributed by atoms with Gasteiger partial charge in [0.25, 0.3) is 0 Å². The quantitative estimate of drug-likeness (QED) is 0.864. The minimum Gasteiger partial charge on any atom is -0.459 e. The highest BCUT2D eigenvalue weighted by molar-refractivity contribution is 5.80. The Balaban J connectivity index is 1.48. The van der Waals surface area contributed by atoms with E-state index < -0.39 is 0 Å². The highest BCUT2D eigenvalue weighted by Crippen LogP contribution is 2.28. The van der Waals surface area contributed by atoms with Crippen molar-refractivity contribution >= 4 is 11.9 Å². The van der Waals surface area contributed by atoms with Crippen molar-refractivity contribution in [3.63, 3.8) is 0 Å². The van der Waals surface area contributed by atoms with Crippen LogP contribution in [0.25, 0.3) is 5.69 Å². The number of benzene rings is 1. The second kappa shape index (κ2) is 6.70. The molecule has 0 radical (unpaired) electrons. The van der Waals surface area contributed by atoms with Gasteiger partial charge in [-0.3, -0.25) is 9.59 Å². The molecule has 1 saturated heterocycles. The summed E-state index contributed by atoms with van der Waals surface area (Å²) in [6.07, 6.45) is 4.03. The number of nitrogens with one attached hydrogen (secondary N) is 1. The molecule has 0 unspecified atom stereocenters. The standard InChI is InChI=1S/C19H21N3O3/c23-18-10-9-13(11-20-18)19(24)25-12-16-15-7-4-8-17(15)22(21-16)14-5-2-1-3-6-14/h1-3,5-6,13H,4,7-12H2,(H,20,23)/t13-/m1/s1. The van der Waals surface area contributed by atoms with Gasteiger partial charge in [-0.25, -0.2) is 4.68 Å². The van der Waals surface area contributed by atoms with Crippen LogP contribution in [-0.4, -0.2) is 28.2 Å². The third-order valence-corrected chi connectivity index (χ3v) is 4.96. The molecule has 2 aliphatic rings. The van der Waals surface area contributed by atoms with Gasteiger partial charge in [-0.05, 0) is 37.8 Å². The van der Waals surface area contributed by atoms with Crippen LogP contribution in [0.5, 0.6) is 0 Å². The SMILES string of the molecule is O=C1CC[C@@H](C(=O)OCc2nn(-c3ccccc3)c3c2CCC3)CN1. The number of carbonyl (C=O) groups excluding carboxylic acids is 2. The number of nitrogens with zero attached hydrogens (tertiary/aromatic N) is 2. The summed E-state index contributed by atoms with van der Waals surface area (Å²) in [6.45, 7) is 0.569. The van der Waals surface area contributed by atoms with Crippen LogP contribution in [0.15, 0.2) is 30.3 Å². The molecular weight excluding hydrogens is 318 g/mol. The van der Waals surface area contributed by atoms with Crippen molar-refractivity contribution in [3.05, 3.63) is 47.3 Å².